The van der Waals surface area contributed by atoms with Gasteiger partial charge in [-0.3, -0.25) is 4.79 Å². The molecule has 0 radical (unpaired) electrons. The first kappa shape index (κ1) is 12.4. The van der Waals surface area contributed by atoms with Crippen LogP contribution < -0.4 is 5.73 Å². The molecular weight excluding hydrogens is 162 g/mol. The summed E-state index contributed by atoms with van der Waals surface area (Å²) in [7, 11) is 0. The molecule has 2 nitrogen and oxygen atoms in total. The Hall–Kier alpha value is -0.630. The van der Waals surface area contributed by atoms with Crippen LogP contribution in [0.15, 0.2) is 12.2 Å². The van der Waals surface area contributed by atoms with Crippen LogP contribution in [0.4, 0.5) is 0 Å². The van der Waals surface area contributed by atoms with Crippen molar-refractivity contribution in [3.63, 3.8) is 0 Å². The summed E-state index contributed by atoms with van der Waals surface area (Å²) in [5.41, 5.74) is 6.55. The van der Waals surface area contributed by atoms with Gasteiger partial charge in [0.05, 0.1) is 0 Å². The summed E-state index contributed by atoms with van der Waals surface area (Å²) in [6.07, 6.45) is 3.03. The molecule has 0 aliphatic heterocycles. The second-order valence-corrected chi connectivity index (χ2v) is 3.53. The zero-order valence-corrected chi connectivity index (χ0v) is 8.81. The van der Waals surface area contributed by atoms with Crippen LogP contribution in [0.25, 0.3) is 0 Å². The molecule has 0 spiro atoms. The number of carbonyl (C=O) groups excluding carboxylic acids is 1. The molecule has 1 atom stereocenters. The molecule has 1 unspecified atom stereocenters. The predicted molar refractivity (Wildman–Crippen MR) is 56.5 cm³/mol. The van der Waals surface area contributed by atoms with E-state index in [9.17, 15) is 4.79 Å². The third kappa shape index (κ3) is 5.58. The van der Waals surface area contributed by atoms with E-state index in [2.05, 4.69) is 13.5 Å². The molecule has 13 heavy (non-hydrogen) atoms. The summed E-state index contributed by atoms with van der Waals surface area (Å²) >= 11 is 0. The van der Waals surface area contributed by atoms with Gasteiger partial charge in [0.1, 0.15) is 5.78 Å². The topological polar surface area (TPSA) is 43.1 Å². The number of allylic oxidation sites excluding steroid dienone is 1. The molecule has 0 saturated carbocycles. The third-order valence-electron chi connectivity index (χ3n) is 2.37. The molecule has 0 fully saturated rings. The Morgan fingerprint density at radius 2 is 2.08 bits per heavy atom. The van der Waals surface area contributed by atoms with Gasteiger partial charge in [0, 0.05) is 12.8 Å². The van der Waals surface area contributed by atoms with E-state index in [1.807, 2.05) is 6.92 Å². The average molecular weight is 183 g/mol. The summed E-state index contributed by atoms with van der Waals surface area (Å²) in [4.78, 5) is 11.4. The fourth-order valence-corrected chi connectivity index (χ4v) is 1.19. The monoisotopic (exact) mass is 183 g/mol. The van der Waals surface area contributed by atoms with Gasteiger partial charge in [-0.15, -0.1) is 0 Å². The van der Waals surface area contributed by atoms with Gasteiger partial charge in [0.15, 0.2) is 0 Å². The molecule has 0 aromatic rings. The summed E-state index contributed by atoms with van der Waals surface area (Å²) in [5.74, 6) is 0.640. The second-order valence-electron chi connectivity index (χ2n) is 3.53. The molecule has 0 heterocycles. The van der Waals surface area contributed by atoms with E-state index >= 15 is 0 Å². The van der Waals surface area contributed by atoms with Gasteiger partial charge in [-0.2, -0.15) is 0 Å². The molecule has 0 amide bonds. The van der Waals surface area contributed by atoms with E-state index in [4.69, 9.17) is 5.73 Å². The van der Waals surface area contributed by atoms with Crippen molar-refractivity contribution in [3.8, 4) is 0 Å². The highest BCUT2D eigenvalue weighted by molar-refractivity contribution is 5.80. The molecule has 0 aromatic heterocycles. The minimum absolute atomic E-state index is 0.282. The minimum atomic E-state index is 0.282. The predicted octanol–water partition coefficient (Wildman–Crippen LogP) is 2.29. The van der Waals surface area contributed by atoms with E-state index in [0.29, 0.717) is 25.3 Å². The maximum absolute atomic E-state index is 11.4. The van der Waals surface area contributed by atoms with Gasteiger partial charge in [-0.1, -0.05) is 32.4 Å². The lowest BCUT2D eigenvalue weighted by atomic mass is 9.96. The van der Waals surface area contributed by atoms with Gasteiger partial charge in [0.25, 0.3) is 0 Å². The molecule has 2 heteroatoms. The van der Waals surface area contributed by atoms with Gasteiger partial charge in [0.2, 0.25) is 0 Å². The van der Waals surface area contributed by atoms with E-state index in [0.717, 1.165) is 18.4 Å². The van der Waals surface area contributed by atoms with Crippen molar-refractivity contribution in [2.75, 3.05) is 6.54 Å². The molecule has 0 bridgehead atoms. The summed E-state index contributed by atoms with van der Waals surface area (Å²) in [5, 5.41) is 0. The van der Waals surface area contributed by atoms with Crippen molar-refractivity contribution in [2.45, 2.75) is 39.5 Å². The Morgan fingerprint density at radius 3 is 2.46 bits per heavy atom. The highest BCUT2D eigenvalue weighted by Gasteiger charge is 2.10. The highest BCUT2D eigenvalue weighted by Crippen LogP contribution is 2.12. The standard InChI is InChI=1S/C11H21NO/c1-4-9(3)6-11(13)7-10(5-2)8-12/h10H,3-8,12H2,1-2H3. The Labute approximate surface area is 81.2 Å². The Morgan fingerprint density at radius 1 is 1.46 bits per heavy atom. The Balaban J connectivity index is 3.79. The number of Topliss-reactive ketones (excluding diaryl/α,β-unsaturated/α-hetero) is 1. The van der Waals surface area contributed by atoms with Gasteiger partial charge in [-0.05, 0) is 18.9 Å². The summed E-state index contributed by atoms with van der Waals surface area (Å²) < 4.78 is 0. The number of hydrogen-bond acceptors (Lipinski definition) is 2. The largest absolute Gasteiger partial charge is 0.330 e. The fourth-order valence-electron chi connectivity index (χ4n) is 1.19. The maximum Gasteiger partial charge on any atom is 0.137 e. The van der Waals surface area contributed by atoms with Gasteiger partial charge >= 0.3 is 0 Å². The van der Waals surface area contributed by atoms with Gasteiger partial charge < -0.3 is 5.73 Å². The zero-order valence-electron chi connectivity index (χ0n) is 8.81. The van der Waals surface area contributed by atoms with Crippen LogP contribution in [0, 0.1) is 5.92 Å². The summed E-state index contributed by atoms with van der Waals surface area (Å²) in [6, 6.07) is 0. The van der Waals surface area contributed by atoms with E-state index in [-0.39, 0.29) is 5.78 Å². The Kier molecular flexibility index (Phi) is 6.51. The highest BCUT2D eigenvalue weighted by atomic mass is 16.1. The van der Waals surface area contributed by atoms with Crippen molar-refractivity contribution in [1.82, 2.24) is 0 Å². The minimum Gasteiger partial charge on any atom is -0.330 e. The first-order valence-corrected chi connectivity index (χ1v) is 5.02. The van der Waals surface area contributed by atoms with E-state index < -0.39 is 0 Å². The molecule has 0 rings (SSSR count). The molecular formula is C11H21NO. The number of nitrogens with two attached hydrogens (primary N) is 1. The molecule has 76 valence electrons. The second kappa shape index (κ2) is 6.84. The van der Waals surface area contributed by atoms with Crippen LogP contribution >= 0.6 is 0 Å². The summed E-state index contributed by atoms with van der Waals surface area (Å²) in [6.45, 7) is 8.52. The number of ketones is 1. The Bertz CT molecular complexity index is 171. The molecule has 0 aliphatic carbocycles. The fraction of sp³-hybridized carbons (Fsp3) is 0.727. The van der Waals surface area contributed by atoms with Crippen molar-refractivity contribution >= 4 is 5.78 Å². The van der Waals surface area contributed by atoms with Crippen molar-refractivity contribution in [1.29, 1.82) is 0 Å². The normalized spacial score (nSPS) is 12.5. The average Bonchev–Trinajstić information content (AvgIpc) is 2.13. The van der Waals surface area contributed by atoms with Crippen molar-refractivity contribution < 1.29 is 4.79 Å². The third-order valence-corrected chi connectivity index (χ3v) is 2.37. The lowest BCUT2D eigenvalue weighted by Crippen LogP contribution is -2.17. The van der Waals surface area contributed by atoms with E-state index in [1.54, 1.807) is 0 Å². The van der Waals surface area contributed by atoms with Crippen LogP contribution in [-0.4, -0.2) is 12.3 Å². The SMILES string of the molecule is C=C(CC)CC(=O)CC(CC)CN. The number of rotatable bonds is 7. The number of hydrogen-bond donors (Lipinski definition) is 1. The molecule has 0 saturated heterocycles. The quantitative estimate of drug-likeness (QED) is 0.615. The van der Waals surface area contributed by atoms with E-state index in [1.165, 1.54) is 0 Å². The lowest BCUT2D eigenvalue weighted by Gasteiger charge is -2.10. The van der Waals surface area contributed by atoms with Crippen LogP contribution in [0.2, 0.25) is 0 Å². The molecule has 2 N–H and O–H groups in total. The van der Waals surface area contributed by atoms with Crippen LogP contribution in [0.1, 0.15) is 39.5 Å². The van der Waals surface area contributed by atoms with Crippen LogP contribution in [0.5, 0.6) is 0 Å². The lowest BCUT2D eigenvalue weighted by molar-refractivity contribution is -0.119. The number of carbonyl (C=O) groups is 1. The zero-order chi connectivity index (χ0) is 10.3. The van der Waals surface area contributed by atoms with Crippen molar-refractivity contribution in [2.24, 2.45) is 11.7 Å². The van der Waals surface area contributed by atoms with Crippen molar-refractivity contribution in [3.05, 3.63) is 12.2 Å². The first-order valence-electron chi connectivity index (χ1n) is 5.02. The van der Waals surface area contributed by atoms with Crippen LogP contribution in [0.3, 0.4) is 0 Å². The smallest absolute Gasteiger partial charge is 0.137 e. The molecule has 0 aromatic carbocycles. The molecule has 0 aliphatic rings. The van der Waals surface area contributed by atoms with Gasteiger partial charge in [-0.25, -0.2) is 0 Å². The first-order chi connectivity index (χ1) is 6.13. The maximum atomic E-state index is 11.4. The van der Waals surface area contributed by atoms with Crippen LogP contribution in [-0.2, 0) is 4.79 Å².